The summed E-state index contributed by atoms with van der Waals surface area (Å²) in [5.41, 5.74) is 1.09. The van der Waals surface area contributed by atoms with Gasteiger partial charge in [-0.25, -0.2) is 0 Å². The summed E-state index contributed by atoms with van der Waals surface area (Å²) in [6.07, 6.45) is -0.0770. The summed E-state index contributed by atoms with van der Waals surface area (Å²) in [5, 5.41) is 2.93. The van der Waals surface area contributed by atoms with Crippen molar-refractivity contribution in [1.82, 2.24) is 10.2 Å². The summed E-state index contributed by atoms with van der Waals surface area (Å²) < 4.78 is 11.6. The topological polar surface area (TPSA) is 50.8 Å². The van der Waals surface area contributed by atoms with Gasteiger partial charge in [0.15, 0.2) is 11.5 Å². The SMILES string of the molecule is CN(CC(=O)NCc1ccccc1)CC1COc2ccccc2O1. The lowest BCUT2D eigenvalue weighted by atomic mass is 10.2. The number of carbonyl (C=O) groups excluding carboxylic acids is 1. The number of nitrogens with one attached hydrogen (secondary N) is 1. The van der Waals surface area contributed by atoms with Crippen LogP contribution in [0.15, 0.2) is 54.6 Å². The highest BCUT2D eigenvalue weighted by atomic mass is 16.6. The summed E-state index contributed by atoms with van der Waals surface area (Å²) in [6.45, 7) is 2.00. The number of nitrogens with zero attached hydrogens (tertiary/aromatic N) is 1. The second kappa shape index (κ2) is 7.84. The van der Waals surface area contributed by atoms with E-state index in [4.69, 9.17) is 9.47 Å². The minimum absolute atomic E-state index is 0.00141. The van der Waals surface area contributed by atoms with Gasteiger partial charge in [-0.15, -0.1) is 0 Å². The molecule has 0 fully saturated rings. The van der Waals surface area contributed by atoms with Crippen molar-refractivity contribution in [2.24, 2.45) is 0 Å². The van der Waals surface area contributed by atoms with Crippen molar-refractivity contribution in [3.8, 4) is 11.5 Å². The van der Waals surface area contributed by atoms with E-state index in [1.165, 1.54) is 0 Å². The molecule has 0 bridgehead atoms. The fourth-order valence-corrected chi connectivity index (χ4v) is 2.66. The summed E-state index contributed by atoms with van der Waals surface area (Å²) >= 11 is 0. The summed E-state index contributed by atoms with van der Waals surface area (Å²) in [6, 6.07) is 17.5. The molecule has 0 saturated heterocycles. The zero-order valence-corrected chi connectivity index (χ0v) is 13.8. The van der Waals surface area contributed by atoms with Gasteiger partial charge in [0.2, 0.25) is 5.91 Å². The van der Waals surface area contributed by atoms with Crippen molar-refractivity contribution in [2.45, 2.75) is 12.6 Å². The van der Waals surface area contributed by atoms with Crippen molar-refractivity contribution in [2.75, 3.05) is 26.7 Å². The summed E-state index contributed by atoms with van der Waals surface area (Å²) in [5.74, 6) is 1.53. The number of amides is 1. The van der Waals surface area contributed by atoms with Gasteiger partial charge in [0.05, 0.1) is 6.54 Å². The summed E-state index contributed by atoms with van der Waals surface area (Å²) in [4.78, 5) is 14.0. The van der Waals surface area contributed by atoms with Gasteiger partial charge in [-0.05, 0) is 24.7 Å². The zero-order valence-electron chi connectivity index (χ0n) is 13.8. The molecule has 1 aliphatic heterocycles. The molecule has 0 radical (unpaired) electrons. The van der Waals surface area contributed by atoms with E-state index in [0.717, 1.165) is 17.1 Å². The van der Waals surface area contributed by atoms with Crippen LogP contribution in [0.1, 0.15) is 5.56 Å². The first-order chi connectivity index (χ1) is 11.7. The Bertz CT molecular complexity index is 675. The van der Waals surface area contributed by atoms with Gasteiger partial charge in [0.1, 0.15) is 12.7 Å². The highest BCUT2D eigenvalue weighted by molar-refractivity contribution is 5.77. The number of ether oxygens (including phenoxy) is 2. The van der Waals surface area contributed by atoms with Crippen LogP contribution >= 0.6 is 0 Å². The van der Waals surface area contributed by atoms with E-state index in [1.54, 1.807) is 0 Å². The van der Waals surface area contributed by atoms with Crippen LogP contribution in [0, 0.1) is 0 Å². The van der Waals surface area contributed by atoms with E-state index in [9.17, 15) is 4.79 Å². The third-order valence-corrected chi connectivity index (χ3v) is 3.83. The first kappa shape index (κ1) is 16.3. The van der Waals surface area contributed by atoms with Crippen LogP contribution in [0.2, 0.25) is 0 Å². The number of fused-ring (bicyclic) bond motifs is 1. The van der Waals surface area contributed by atoms with Gasteiger partial charge in [-0.1, -0.05) is 42.5 Å². The predicted octanol–water partition coefficient (Wildman–Crippen LogP) is 2.07. The van der Waals surface area contributed by atoms with Gasteiger partial charge >= 0.3 is 0 Å². The molecule has 1 unspecified atom stereocenters. The number of rotatable bonds is 6. The molecule has 2 aromatic carbocycles. The van der Waals surface area contributed by atoms with Crippen LogP contribution in [0.5, 0.6) is 11.5 Å². The third kappa shape index (κ3) is 4.49. The third-order valence-electron chi connectivity index (χ3n) is 3.83. The Morgan fingerprint density at radius 1 is 1.12 bits per heavy atom. The molecule has 1 heterocycles. The molecule has 5 nitrogen and oxygen atoms in total. The molecule has 1 amide bonds. The largest absolute Gasteiger partial charge is 0.486 e. The fraction of sp³-hybridized carbons (Fsp3) is 0.316. The van der Waals surface area contributed by atoms with Gasteiger partial charge in [0, 0.05) is 13.1 Å². The number of likely N-dealkylation sites (N-methyl/N-ethyl adjacent to an activating group) is 1. The highest BCUT2D eigenvalue weighted by Crippen LogP contribution is 2.30. The number of carbonyl (C=O) groups is 1. The van der Waals surface area contributed by atoms with Gasteiger partial charge in [-0.2, -0.15) is 0 Å². The molecule has 24 heavy (non-hydrogen) atoms. The zero-order chi connectivity index (χ0) is 16.8. The first-order valence-corrected chi connectivity index (χ1v) is 8.08. The number of hydrogen-bond donors (Lipinski definition) is 1. The first-order valence-electron chi connectivity index (χ1n) is 8.08. The smallest absolute Gasteiger partial charge is 0.234 e. The number of benzene rings is 2. The van der Waals surface area contributed by atoms with Crippen LogP contribution in [0.4, 0.5) is 0 Å². The van der Waals surface area contributed by atoms with Crippen molar-refractivity contribution in [1.29, 1.82) is 0 Å². The minimum atomic E-state index is -0.0770. The van der Waals surface area contributed by atoms with E-state index in [1.807, 2.05) is 66.5 Å². The molecular weight excluding hydrogens is 304 g/mol. The Hall–Kier alpha value is -2.53. The lowest BCUT2D eigenvalue weighted by Crippen LogP contribution is -2.43. The monoisotopic (exact) mass is 326 g/mol. The molecule has 0 spiro atoms. The predicted molar refractivity (Wildman–Crippen MR) is 92.1 cm³/mol. The molecule has 0 aromatic heterocycles. The van der Waals surface area contributed by atoms with Crippen LogP contribution in [0.25, 0.3) is 0 Å². The van der Waals surface area contributed by atoms with Crippen molar-refractivity contribution in [3.63, 3.8) is 0 Å². The molecule has 3 rings (SSSR count). The average molecular weight is 326 g/mol. The molecule has 0 aliphatic carbocycles. The lowest BCUT2D eigenvalue weighted by molar-refractivity contribution is -0.122. The van der Waals surface area contributed by atoms with Crippen molar-refractivity contribution >= 4 is 5.91 Å². The Morgan fingerprint density at radius 3 is 2.62 bits per heavy atom. The number of hydrogen-bond acceptors (Lipinski definition) is 4. The standard InChI is InChI=1S/C19H22N2O3/c1-21(13-19(22)20-11-15-7-3-2-4-8-15)12-16-14-23-17-9-5-6-10-18(17)24-16/h2-10,16H,11-14H2,1H3,(H,20,22). The summed E-state index contributed by atoms with van der Waals surface area (Å²) in [7, 11) is 1.91. The van der Waals surface area contributed by atoms with E-state index in [0.29, 0.717) is 26.2 Å². The maximum atomic E-state index is 12.0. The molecule has 1 aliphatic rings. The van der Waals surface area contributed by atoms with Gasteiger partial charge in [0.25, 0.3) is 0 Å². The maximum absolute atomic E-state index is 12.0. The van der Waals surface area contributed by atoms with E-state index < -0.39 is 0 Å². The maximum Gasteiger partial charge on any atom is 0.234 e. The number of para-hydroxylation sites is 2. The van der Waals surface area contributed by atoms with E-state index in [2.05, 4.69) is 5.32 Å². The molecular formula is C19H22N2O3. The minimum Gasteiger partial charge on any atom is -0.486 e. The molecule has 126 valence electrons. The van der Waals surface area contributed by atoms with Gasteiger partial charge < -0.3 is 14.8 Å². The van der Waals surface area contributed by atoms with E-state index >= 15 is 0 Å². The normalized spacial score (nSPS) is 16.0. The molecule has 2 aromatic rings. The van der Waals surface area contributed by atoms with Gasteiger partial charge in [-0.3, -0.25) is 9.69 Å². The Morgan fingerprint density at radius 2 is 1.83 bits per heavy atom. The molecule has 0 saturated carbocycles. The quantitative estimate of drug-likeness (QED) is 0.883. The second-order valence-electron chi connectivity index (χ2n) is 5.96. The second-order valence-corrected chi connectivity index (χ2v) is 5.96. The Kier molecular flexibility index (Phi) is 5.33. The molecule has 1 atom stereocenters. The van der Waals surface area contributed by atoms with Crippen LogP contribution in [-0.2, 0) is 11.3 Å². The molecule has 1 N–H and O–H groups in total. The molecule has 5 heteroatoms. The highest BCUT2D eigenvalue weighted by Gasteiger charge is 2.22. The average Bonchev–Trinajstić information content (AvgIpc) is 2.60. The Balaban J connectivity index is 1.42. The van der Waals surface area contributed by atoms with Crippen molar-refractivity contribution in [3.05, 3.63) is 60.2 Å². The fourth-order valence-electron chi connectivity index (χ4n) is 2.66. The van der Waals surface area contributed by atoms with E-state index in [-0.39, 0.29) is 12.0 Å². The van der Waals surface area contributed by atoms with Crippen molar-refractivity contribution < 1.29 is 14.3 Å². The van der Waals surface area contributed by atoms with Crippen LogP contribution < -0.4 is 14.8 Å². The lowest BCUT2D eigenvalue weighted by Gasteiger charge is -2.29. The van der Waals surface area contributed by atoms with Crippen LogP contribution in [-0.4, -0.2) is 43.7 Å². The Labute approximate surface area is 142 Å². The van der Waals surface area contributed by atoms with Crippen LogP contribution in [0.3, 0.4) is 0 Å².